The summed E-state index contributed by atoms with van der Waals surface area (Å²) in [6.45, 7) is 2.40. The Hall–Kier alpha value is -3.02. The molecule has 5 nitrogen and oxygen atoms in total. The summed E-state index contributed by atoms with van der Waals surface area (Å²) in [5.74, 6) is 1.11. The second-order valence-corrected chi connectivity index (χ2v) is 5.99. The van der Waals surface area contributed by atoms with Gasteiger partial charge in [-0.15, -0.1) is 0 Å². The van der Waals surface area contributed by atoms with Crippen molar-refractivity contribution < 1.29 is 4.39 Å². The van der Waals surface area contributed by atoms with E-state index in [0.717, 1.165) is 16.8 Å². The largest absolute Gasteiger partial charge is 0.375 e. The third-order valence-corrected chi connectivity index (χ3v) is 3.76. The summed E-state index contributed by atoms with van der Waals surface area (Å²) in [6.07, 6.45) is 3.42. The maximum Gasteiger partial charge on any atom is 0.161 e. The van der Waals surface area contributed by atoms with E-state index in [0.29, 0.717) is 23.9 Å². The predicted octanol–water partition coefficient (Wildman–Crippen LogP) is 3.66. The molecule has 2 heterocycles. The van der Waals surface area contributed by atoms with Crippen LogP contribution in [0.4, 0.5) is 15.9 Å². The van der Waals surface area contributed by atoms with Crippen molar-refractivity contribution >= 4 is 11.5 Å². The molecule has 0 aliphatic carbocycles. The normalized spacial score (nSPS) is 10.6. The zero-order valence-corrected chi connectivity index (χ0v) is 14.5. The number of hydrogen-bond donors (Lipinski definition) is 1. The van der Waals surface area contributed by atoms with Crippen LogP contribution in [0.15, 0.2) is 48.8 Å². The molecule has 0 fully saturated rings. The SMILES string of the molecule is Cc1cc(NCc2ccc(N(C)C)c(F)c2)nc(-c2ccncc2)n1. The van der Waals surface area contributed by atoms with Crippen LogP contribution >= 0.6 is 0 Å². The first-order chi connectivity index (χ1) is 12.0. The Kier molecular flexibility index (Phi) is 4.88. The van der Waals surface area contributed by atoms with Gasteiger partial charge in [0.15, 0.2) is 5.82 Å². The molecular formula is C19H20FN5. The Bertz CT molecular complexity index is 865. The number of nitrogens with one attached hydrogen (secondary N) is 1. The summed E-state index contributed by atoms with van der Waals surface area (Å²) in [5, 5.41) is 3.24. The minimum atomic E-state index is -0.236. The number of nitrogens with zero attached hydrogens (tertiary/aromatic N) is 4. The van der Waals surface area contributed by atoms with E-state index in [-0.39, 0.29) is 5.82 Å². The van der Waals surface area contributed by atoms with Gasteiger partial charge >= 0.3 is 0 Å². The molecule has 0 unspecified atom stereocenters. The van der Waals surface area contributed by atoms with E-state index in [1.54, 1.807) is 29.4 Å². The highest BCUT2D eigenvalue weighted by molar-refractivity contribution is 5.57. The topological polar surface area (TPSA) is 53.9 Å². The van der Waals surface area contributed by atoms with Gasteiger partial charge in [0.05, 0.1) is 5.69 Å². The lowest BCUT2D eigenvalue weighted by molar-refractivity contribution is 0.624. The van der Waals surface area contributed by atoms with Gasteiger partial charge in [-0.1, -0.05) is 6.07 Å². The van der Waals surface area contributed by atoms with Crippen LogP contribution in [-0.2, 0) is 6.54 Å². The van der Waals surface area contributed by atoms with Gasteiger partial charge in [0.2, 0.25) is 0 Å². The first-order valence-corrected chi connectivity index (χ1v) is 7.98. The first kappa shape index (κ1) is 16.8. The fraction of sp³-hybridized carbons (Fsp3) is 0.211. The van der Waals surface area contributed by atoms with E-state index in [1.165, 1.54) is 0 Å². The molecule has 1 N–H and O–H groups in total. The molecule has 3 aromatic rings. The molecular weight excluding hydrogens is 317 g/mol. The summed E-state index contributed by atoms with van der Waals surface area (Å²) >= 11 is 0. The van der Waals surface area contributed by atoms with Crippen LogP contribution in [0.2, 0.25) is 0 Å². The fourth-order valence-corrected chi connectivity index (χ4v) is 2.50. The summed E-state index contributed by atoms with van der Waals surface area (Å²) < 4.78 is 14.1. The molecule has 0 aliphatic rings. The maximum atomic E-state index is 14.1. The van der Waals surface area contributed by atoms with E-state index in [1.807, 2.05) is 45.3 Å². The van der Waals surface area contributed by atoms with Gasteiger partial charge in [-0.25, -0.2) is 14.4 Å². The van der Waals surface area contributed by atoms with Crippen LogP contribution in [0.5, 0.6) is 0 Å². The number of pyridine rings is 1. The molecule has 0 saturated carbocycles. The minimum Gasteiger partial charge on any atom is -0.375 e. The van der Waals surface area contributed by atoms with Crippen LogP contribution in [-0.4, -0.2) is 29.0 Å². The van der Waals surface area contributed by atoms with E-state index >= 15 is 0 Å². The van der Waals surface area contributed by atoms with Crippen LogP contribution in [0, 0.1) is 12.7 Å². The smallest absolute Gasteiger partial charge is 0.161 e. The molecule has 0 saturated heterocycles. The van der Waals surface area contributed by atoms with Gasteiger partial charge in [-0.05, 0) is 36.8 Å². The van der Waals surface area contributed by atoms with Gasteiger partial charge in [-0.2, -0.15) is 0 Å². The second-order valence-electron chi connectivity index (χ2n) is 5.99. The van der Waals surface area contributed by atoms with Crippen molar-refractivity contribution in [2.24, 2.45) is 0 Å². The van der Waals surface area contributed by atoms with Gasteiger partial charge < -0.3 is 10.2 Å². The van der Waals surface area contributed by atoms with E-state index < -0.39 is 0 Å². The lowest BCUT2D eigenvalue weighted by Crippen LogP contribution is -2.11. The second kappa shape index (κ2) is 7.25. The van der Waals surface area contributed by atoms with Crippen LogP contribution < -0.4 is 10.2 Å². The predicted molar refractivity (Wildman–Crippen MR) is 98.1 cm³/mol. The molecule has 1 aromatic carbocycles. The Morgan fingerprint density at radius 2 is 1.80 bits per heavy atom. The number of anilines is 2. The first-order valence-electron chi connectivity index (χ1n) is 7.98. The molecule has 25 heavy (non-hydrogen) atoms. The van der Waals surface area contributed by atoms with Crippen LogP contribution in [0.3, 0.4) is 0 Å². The number of benzene rings is 1. The zero-order valence-electron chi connectivity index (χ0n) is 14.5. The molecule has 0 aliphatic heterocycles. The molecule has 128 valence electrons. The third-order valence-electron chi connectivity index (χ3n) is 3.76. The molecule has 2 aromatic heterocycles. The van der Waals surface area contributed by atoms with Crippen molar-refractivity contribution in [1.29, 1.82) is 0 Å². The summed E-state index contributed by atoms with van der Waals surface area (Å²) in [7, 11) is 3.64. The standard InChI is InChI=1S/C19H20FN5/c1-13-10-18(24-19(23-13)15-6-8-21-9-7-15)22-12-14-4-5-17(25(2)3)16(20)11-14/h4-11H,12H2,1-3H3,(H,22,23,24). The number of rotatable bonds is 5. The number of aryl methyl sites for hydroxylation is 1. The summed E-state index contributed by atoms with van der Waals surface area (Å²) in [4.78, 5) is 14.8. The molecule has 6 heteroatoms. The molecule has 3 rings (SSSR count). The maximum absolute atomic E-state index is 14.1. The fourth-order valence-electron chi connectivity index (χ4n) is 2.50. The van der Waals surface area contributed by atoms with Gasteiger partial charge in [0.1, 0.15) is 11.6 Å². The Balaban J connectivity index is 1.78. The average Bonchev–Trinajstić information content (AvgIpc) is 2.60. The quantitative estimate of drug-likeness (QED) is 0.770. The third kappa shape index (κ3) is 4.09. The summed E-state index contributed by atoms with van der Waals surface area (Å²) in [5.41, 5.74) is 3.19. The van der Waals surface area contributed by atoms with Gasteiger partial charge in [0.25, 0.3) is 0 Å². The Labute approximate surface area is 146 Å². The lowest BCUT2D eigenvalue weighted by atomic mass is 10.2. The van der Waals surface area contributed by atoms with Crippen molar-refractivity contribution in [3.8, 4) is 11.4 Å². The Morgan fingerprint density at radius 1 is 1.04 bits per heavy atom. The van der Waals surface area contributed by atoms with Crippen molar-refractivity contribution in [3.05, 3.63) is 65.9 Å². The van der Waals surface area contributed by atoms with Crippen LogP contribution in [0.25, 0.3) is 11.4 Å². The molecule has 0 amide bonds. The van der Waals surface area contributed by atoms with Crippen molar-refractivity contribution in [2.45, 2.75) is 13.5 Å². The van der Waals surface area contributed by atoms with Gasteiger partial charge in [0, 0.05) is 50.4 Å². The lowest BCUT2D eigenvalue weighted by Gasteiger charge is -2.14. The zero-order chi connectivity index (χ0) is 17.8. The number of halogens is 1. The highest BCUT2D eigenvalue weighted by atomic mass is 19.1. The molecule has 0 bridgehead atoms. The van der Waals surface area contributed by atoms with Crippen molar-refractivity contribution in [3.63, 3.8) is 0 Å². The Morgan fingerprint density at radius 3 is 2.48 bits per heavy atom. The minimum absolute atomic E-state index is 0.236. The van der Waals surface area contributed by atoms with E-state index in [2.05, 4.69) is 20.3 Å². The molecule has 0 radical (unpaired) electrons. The van der Waals surface area contributed by atoms with Crippen molar-refractivity contribution in [2.75, 3.05) is 24.3 Å². The van der Waals surface area contributed by atoms with Gasteiger partial charge in [-0.3, -0.25) is 4.98 Å². The average molecular weight is 337 g/mol. The van der Waals surface area contributed by atoms with Crippen LogP contribution in [0.1, 0.15) is 11.3 Å². The monoisotopic (exact) mass is 337 g/mol. The number of aromatic nitrogens is 3. The number of hydrogen-bond acceptors (Lipinski definition) is 5. The van der Waals surface area contributed by atoms with E-state index in [9.17, 15) is 4.39 Å². The molecule has 0 atom stereocenters. The molecule has 0 spiro atoms. The van der Waals surface area contributed by atoms with E-state index in [4.69, 9.17) is 0 Å². The highest BCUT2D eigenvalue weighted by Crippen LogP contribution is 2.20. The summed E-state index contributed by atoms with van der Waals surface area (Å²) in [6, 6.07) is 10.8. The van der Waals surface area contributed by atoms with Crippen molar-refractivity contribution in [1.82, 2.24) is 15.0 Å². The highest BCUT2D eigenvalue weighted by Gasteiger charge is 2.07.